The lowest BCUT2D eigenvalue weighted by molar-refractivity contribution is -0.119. The molecule has 0 saturated carbocycles. The fourth-order valence-corrected chi connectivity index (χ4v) is 3.99. The molecule has 0 radical (unpaired) electrons. The van der Waals surface area contributed by atoms with Gasteiger partial charge in [-0.1, -0.05) is 34.7 Å². The zero-order chi connectivity index (χ0) is 19.1. The van der Waals surface area contributed by atoms with E-state index in [1.54, 1.807) is 24.3 Å². The number of nitrogens with one attached hydrogen (secondary N) is 3. The lowest BCUT2D eigenvalue weighted by Crippen LogP contribution is -2.42. The number of thioether (sulfide) groups is 1. The second kappa shape index (κ2) is 9.88. The number of carbonyl (C=O) groups is 2. The highest BCUT2D eigenvalue weighted by atomic mass is 35.5. The summed E-state index contributed by atoms with van der Waals surface area (Å²) >= 11 is 8.40. The summed E-state index contributed by atoms with van der Waals surface area (Å²) in [4.78, 5) is 23.8. The van der Waals surface area contributed by atoms with Crippen LogP contribution in [-0.4, -0.2) is 47.0 Å². The van der Waals surface area contributed by atoms with E-state index in [1.165, 1.54) is 23.1 Å². The van der Waals surface area contributed by atoms with Gasteiger partial charge in [0.1, 0.15) is 0 Å². The van der Waals surface area contributed by atoms with Crippen LogP contribution in [0.4, 0.5) is 5.13 Å². The number of hydrogen-bond donors (Lipinski definition) is 3. The Balaban J connectivity index is 1.36. The van der Waals surface area contributed by atoms with Gasteiger partial charge >= 0.3 is 0 Å². The summed E-state index contributed by atoms with van der Waals surface area (Å²) in [5.74, 6) is -0.644. The molecular formula is C16H18ClN5O3S2. The number of hydrogen-bond acceptors (Lipinski definition) is 8. The van der Waals surface area contributed by atoms with Crippen LogP contribution < -0.4 is 16.2 Å². The summed E-state index contributed by atoms with van der Waals surface area (Å²) in [6, 6.07) is 6.36. The molecule has 1 aromatic carbocycles. The Morgan fingerprint density at radius 1 is 1.26 bits per heavy atom. The van der Waals surface area contributed by atoms with Crippen molar-refractivity contribution in [1.82, 2.24) is 21.0 Å². The van der Waals surface area contributed by atoms with E-state index in [-0.39, 0.29) is 17.8 Å². The molecule has 1 saturated heterocycles. The van der Waals surface area contributed by atoms with Crippen molar-refractivity contribution in [2.24, 2.45) is 0 Å². The number of benzene rings is 1. The van der Waals surface area contributed by atoms with Crippen LogP contribution in [-0.2, 0) is 9.53 Å². The zero-order valence-electron chi connectivity index (χ0n) is 14.2. The molecular weight excluding hydrogens is 410 g/mol. The summed E-state index contributed by atoms with van der Waals surface area (Å²) < 4.78 is 6.21. The lowest BCUT2D eigenvalue weighted by Gasteiger charge is -2.08. The minimum atomic E-state index is -0.415. The summed E-state index contributed by atoms with van der Waals surface area (Å²) in [6.45, 7) is 1.52. The SMILES string of the molecule is O=C(CSc1nnc(NCC2CCCO2)s1)NNC(=O)c1ccc(Cl)cc1. The van der Waals surface area contributed by atoms with Crippen molar-refractivity contribution >= 4 is 51.6 Å². The second-order valence-corrected chi connectivity index (χ2v) is 8.32. The van der Waals surface area contributed by atoms with E-state index in [2.05, 4.69) is 26.4 Å². The Labute approximate surface area is 169 Å². The molecule has 11 heteroatoms. The van der Waals surface area contributed by atoms with Crippen molar-refractivity contribution in [2.75, 3.05) is 24.2 Å². The number of nitrogens with zero attached hydrogens (tertiary/aromatic N) is 2. The summed E-state index contributed by atoms with van der Waals surface area (Å²) in [5, 5.41) is 12.5. The molecule has 1 aliphatic heterocycles. The normalized spacial score (nSPS) is 16.1. The standard InChI is InChI=1S/C16H18ClN5O3S2/c17-11-5-3-10(4-6-11)14(24)20-19-13(23)9-26-16-22-21-15(27-16)18-8-12-2-1-7-25-12/h3-6,12H,1-2,7-9H2,(H,18,21)(H,19,23)(H,20,24). The van der Waals surface area contributed by atoms with E-state index in [9.17, 15) is 9.59 Å². The molecule has 1 atom stereocenters. The monoisotopic (exact) mass is 427 g/mol. The number of aromatic nitrogens is 2. The summed E-state index contributed by atoms with van der Waals surface area (Å²) in [6.07, 6.45) is 2.36. The molecule has 2 aromatic rings. The lowest BCUT2D eigenvalue weighted by atomic mass is 10.2. The quantitative estimate of drug-likeness (QED) is 0.460. The molecule has 0 aliphatic carbocycles. The minimum absolute atomic E-state index is 0.112. The number of ether oxygens (including phenoxy) is 1. The molecule has 0 bridgehead atoms. The molecule has 3 N–H and O–H groups in total. The van der Waals surface area contributed by atoms with Crippen molar-refractivity contribution in [2.45, 2.75) is 23.3 Å². The van der Waals surface area contributed by atoms with Gasteiger partial charge in [0.2, 0.25) is 11.0 Å². The third kappa shape index (κ3) is 6.35. The predicted octanol–water partition coefficient (Wildman–Crippen LogP) is 2.34. The van der Waals surface area contributed by atoms with Gasteiger partial charge in [0.25, 0.3) is 5.91 Å². The van der Waals surface area contributed by atoms with Gasteiger partial charge < -0.3 is 10.1 Å². The molecule has 144 valence electrons. The highest BCUT2D eigenvalue weighted by Gasteiger charge is 2.16. The fraction of sp³-hybridized carbons (Fsp3) is 0.375. The fourth-order valence-electron chi connectivity index (χ4n) is 2.31. The molecule has 1 aliphatic rings. The van der Waals surface area contributed by atoms with Crippen LogP contribution in [0.25, 0.3) is 0 Å². The number of rotatable bonds is 7. The minimum Gasteiger partial charge on any atom is -0.376 e. The van der Waals surface area contributed by atoms with E-state index in [0.717, 1.165) is 19.4 Å². The van der Waals surface area contributed by atoms with E-state index in [0.29, 0.717) is 26.6 Å². The van der Waals surface area contributed by atoms with Crippen LogP contribution in [0.15, 0.2) is 28.6 Å². The van der Waals surface area contributed by atoms with E-state index in [1.807, 2.05) is 0 Å². The average molecular weight is 428 g/mol. The first-order valence-corrected chi connectivity index (χ1v) is 10.4. The van der Waals surface area contributed by atoms with Gasteiger partial charge in [0.15, 0.2) is 4.34 Å². The summed E-state index contributed by atoms with van der Waals surface area (Å²) in [7, 11) is 0. The van der Waals surface area contributed by atoms with Crippen LogP contribution in [0.1, 0.15) is 23.2 Å². The first kappa shape index (κ1) is 19.9. The largest absolute Gasteiger partial charge is 0.376 e. The van der Waals surface area contributed by atoms with Gasteiger partial charge in [0, 0.05) is 23.7 Å². The van der Waals surface area contributed by atoms with Gasteiger partial charge in [0.05, 0.1) is 11.9 Å². The van der Waals surface area contributed by atoms with Crippen LogP contribution in [0.2, 0.25) is 5.02 Å². The maximum atomic E-state index is 11.9. The van der Waals surface area contributed by atoms with Crippen LogP contribution in [0.5, 0.6) is 0 Å². The number of halogens is 1. The highest BCUT2D eigenvalue weighted by Crippen LogP contribution is 2.25. The summed E-state index contributed by atoms with van der Waals surface area (Å²) in [5.41, 5.74) is 5.13. The maximum absolute atomic E-state index is 11.9. The first-order chi connectivity index (χ1) is 13.1. The van der Waals surface area contributed by atoms with Gasteiger partial charge in [-0.25, -0.2) is 0 Å². The Hall–Kier alpha value is -1.88. The van der Waals surface area contributed by atoms with Crippen LogP contribution in [0.3, 0.4) is 0 Å². The third-order valence-electron chi connectivity index (χ3n) is 3.66. The van der Waals surface area contributed by atoms with E-state index < -0.39 is 5.91 Å². The topological polar surface area (TPSA) is 105 Å². The number of hydrazine groups is 1. The number of carbonyl (C=O) groups excluding carboxylic acids is 2. The molecule has 1 unspecified atom stereocenters. The molecule has 3 rings (SSSR count). The number of anilines is 1. The van der Waals surface area contributed by atoms with Crippen molar-refractivity contribution < 1.29 is 14.3 Å². The first-order valence-electron chi connectivity index (χ1n) is 8.26. The molecule has 2 heterocycles. The highest BCUT2D eigenvalue weighted by molar-refractivity contribution is 8.01. The molecule has 27 heavy (non-hydrogen) atoms. The molecule has 2 amide bonds. The third-order valence-corrected chi connectivity index (χ3v) is 5.93. The van der Waals surface area contributed by atoms with E-state index in [4.69, 9.17) is 16.3 Å². The van der Waals surface area contributed by atoms with Crippen molar-refractivity contribution in [1.29, 1.82) is 0 Å². The van der Waals surface area contributed by atoms with E-state index >= 15 is 0 Å². The average Bonchev–Trinajstić information content (AvgIpc) is 3.35. The second-order valence-electron chi connectivity index (χ2n) is 5.69. The predicted molar refractivity (Wildman–Crippen MR) is 105 cm³/mol. The Kier molecular flexibility index (Phi) is 7.27. The van der Waals surface area contributed by atoms with Crippen LogP contribution >= 0.6 is 34.7 Å². The molecule has 0 spiro atoms. The Morgan fingerprint density at radius 3 is 2.81 bits per heavy atom. The van der Waals surface area contributed by atoms with Crippen molar-refractivity contribution in [3.05, 3.63) is 34.9 Å². The Bertz CT molecular complexity index is 781. The van der Waals surface area contributed by atoms with Crippen molar-refractivity contribution in [3.63, 3.8) is 0 Å². The van der Waals surface area contributed by atoms with Gasteiger partial charge in [-0.15, -0.1) is 10.2 Å². The number of amides is 2. The van der Waals surface area contributed by atoms with Gasteiger partial charge in [-0.3, -0.25) is 20.4 Å². The van der Waals surface area contributed by atoms with Gasteiger partial charge in [-0.2, -0.15) is 0 Å². The maximum Gasteiger partial charge on any atom is 0.269 e. The molecule has 8 nitrogen and oxygen atoms in total. The Morgan fingerprint density at radius 2 is 2.07 bits per heavy atom. The van der Waals surface area contributed by atoms with Crippen LogP contribution in [0, 0.1) is 0 Å². The van der Waals surface area contributed by atoms with Crippen molar-refractivity contribution in [3.8, 4) is 0 Å². The smallest absolute Gasteiger partial charge is 0.269 e. The zero-order valence-corrected chi connectivity index (χ0v) is 16.6. The molecule has 1 fully saturated rings. The molecule has 1 aromatic heterocycles. The van der Waals surface area contributed by atoms with Gasteiger partial charge in [-0.05, 0) is 37.1 Å².